The van der Waals surface area contributed by atoms with Crippen molar-refractivity contribution in [2.45, 2.75) is 19.5 Å². The van der Waals surface area contributed by atoms with Crippen LogP contribution in [0.4, 0.5) is 18.3 Å². The third kappa shape index (κ3) is 5.11. The van der Waals surface area contributed by atoms with Crippen LogP contribution in [-0.4, -0.2) is 55.2 Å². The average molecular weight is 464 g/mol. The fourth-order valence-corrected chi connectivity index (χ4v) is 4.68. The number of rotatable bonds is 6. The molecule has 0 N–H and O–H groups in total. The molecule has 32 heavy (non-hydrogen) atoms. The van der Waals surface area contributed by atoms with Crippen LogP contribution >= 0.6 is 11.3 Å². The van der Waals surface area contributed by atoms with Crippen molar-refractivity contribution in [3.8, 4) is 0 Å². The van der Waals surface area contributed by atoms with E-state index in [4.69, 9.17) is 4.74 Å². The van der Waals surface area contributed by atoms with Crippen LogP contribution in [-0.2, 0) is 17.3 Å². The number of nitrogens with zero attached hydrogens (tertiary/aromatic N) is 3. The first kappa shape index (κ1) is 22.7. The number of amides is 1. The lowest BCUT2D eigenvalue weighted by atomic mass is 10.1. The number of carbonyl (C=O) groups is 1. The molecule has 1 saturated heterocycles. The van der Waals surface area contributed by atoms with E-state index in [9.17, 15) is 18.0 Å². The zero-order valence-corrected chi connectivity index (χ0v) is 18.5. The van der Waals surface area contributed by atoms with E-state index in [0.29, 0.717) is 31.4 Å². The molecule has 1 aromatic heterocycles. The molecular formula is C23H24F3N3O2S. The molecule has 1 fully saturated rings. The second-order valence-electron chi connectivity index (χ2n) is 7.64. The maximum Gasteiger partial charge on any atom is 0.416 e. The van der Waals surface area contributed by atoms with E-state index in [2.05, 4.69) is 16.8 Å². The number of carbonyl (C=O) groups excluding carboxylic acids is 1. The topological polar surface area (TPSA) is 45.7 Å². The van der Waals surface area contributed by atoms with E-state index in [1.165, 1.54) is 28.4 Å². The third-order valence-corrected chi connectivity index (χ3v) is 6.55. The number of alkyl halides is 3. The van der Waals surface area contributed by atoms with Crippen LogP contribution in [0.2, 0.25) is 0 Å². The predicted molar refractivity (Wildman–Crippen MR) is 119 cm³/mol. The molecule has 1 amide bonds. The Hall–Kier alpha value is -2.49. The molecule has 0 spiro atoms. The van der Waals surface area contributed by atoms with E-state index >= 15 is 0 Å². The highest BCUT2D eigenvalue weighted by Gasteiger charge is 2.32. The normalized spacial score (nSPS) is 15.2. The Kier molecular flexibility index (Phi) is 6.78. The number of benzene rings is 2. The number of thiazole rings is 1. The van der Waals surface area contributed by atoms with E-state index in [-0.39, 0.29) is 5.56 Å². The summed E-state index contributed by atoms with van der Waals surface area (Å²) in [6.07, 6.45) is -3.63. The standard InChI is InChI=1S/C23H24F3N3O2S/c1-2-16-6-7-19-20(14-16)32-22(27-19)29(9-8-28-10-12-31-13-11-28)21(30)17-4-3-5-18(15-17)23(24,25)26/h3-7,14-15H,2,8-13H2,1H3. The van der Waals surface area contributed by atoms with Crippen molar-refractivity contribution in [2.24, 2.45) is 0 Å². The van der Waals surface area contributed by atoms with Crippen molar-refractivity contribution in [1.29, 1.82) is 0 Å². The summed E-state index contributed by atoms with van der Waals surface area (Å²) in [6, 6.07) is 10.5. The highest BCUT2D eigenvalue weighted by Crippen LogP contribution is 2.32. The molecule has 0 unspecified atom stereocenters. The number of ether oxygens (including phenoxy) is 1. The van der Waals surface area contributed by atoms with Gasteiger partial charge in [-0.2, -0.15) is 13.2 Å². The van der Waals surface area contributed by atoms with Gasteiger partial charge in [0, 0.05) is 31.7 Å². The van der Waals surface area contributed by atoms with Gasteiger partial charge in [-0.3, -0.25) is 14.6 Å². The molecule has 1 aliphatic heterocycles. The van der Waals surface area contributed by atoms with Crippen LogP contribution in [0.5, 0.6) is 0 Å². The van der Waals surface area contributed by atoms with Gasteiger partial charge >= 0.3 is 6.18 Å². The second kappa shape index (κ2) is 9.56. The average Bonchev–Trinajstić information content (AvgIpc) is 3.22. The lowest BCUT2D eigenvalue weighted by Crippen LogP contribution is -2.43. The van der Waals surface area contributed by atoms with Crippen molar-refractivity contribution in [2.75, 3.05) is 44.3 Å². The van der Waals surface area contributed by atoms with E-state index in [1.54, 1.807) is 0 Å². The summed E-state index contributed by atoms with van der Waals surface area (Å²) in [6.45, 7) is 5.75. The number of anilines is 1. The van der Waals surface area contributed by atoms with Crippen molar-refractivity contribution in [1.82, 2.24) is 9.88 Å². The number of hydrogen-bond acceptors (Lipinski definition) is 5. The summed E-state index contributed by atoms with van der Waals surface area (Å²) >= 11 is 1.38. The Bertz CT molecular complexity index is 1090. The lowest BCUT2D eigenvalue weighted by Gasteiger charge is -2.29. The van der Waals surface area contributed by atoms with Gasteiger partial charge in [-0.15, -0.1) is 0 Å². The van der Waals surface area contributed by atoms with Crippen molar-refractivity contribution in [3.63, 3.8) is 0 Å². The van der Waals surface area contributed by atoms with E-state index in [1.807, 2.05) is 18.2 Å². The van der Waals surface area contributed by atoms with Gasteiger partial charge in [-0.25, -0.2) is 4.98 Å². The molecule has 2 aromatic carbocycles. The predicted octanol–water partition coefficient (Wildman–Crippen LogP) is 4.86. The number of morpholine rings is 1. The van der Waals surface area contributed by atoms with Crippen LogP contribution < -0.4 is 4.90 Å². The maximum absolute atomic E-state index is 13.4. The zero-order chi connectivity index (χ0) is 22.7. The number of fused-ring (bicyclic) bond motifs is 1. The minimum atomic E-state index is -4.51. The maximum atomic E-state index is 13.4. The smallest absolute Gasteiger partial charge is 0.379 e. The van der Waals surface area contributed by atoms with Crippen molar-refractivity contribution < 1.29 is 22.7 Å². The largest absolute Gasteiger partial charge is 0.416 e. The first-order chi connectivity index (χ1) is 15.3. The Balaban J connectivity index is 1.66. The van der Waals surface area contributed by atoms with E-state index < -0.39 is 17.6 Å². The lowest BCUT2D eigenvalue weighted by molar-refractivity contribution is -0.137. The summed E-state index contributed by atoms with van der Waals surface area (Å²) in [5, 5.41) is 0.490. The summed E-state index contributed by atoms with van der Waals surface area (Å²) in [5.41, 5.74) is 1.09. The summed E-state index contributed by atoms with van der Waals surface area (Å²) in [7, 11) is 0. The molecule has 4 rings (SSSR count). The first-order valence-electron chi connectivity index (χ1n) is 10.5. The van der Waals surface area contributed by atoms with Crippen LogP contribution in [0.1, 0.15) is 28.4 Å². The van der Waals surface area contributed by atoms with Crippen LogP contribution in [0, 0.1) is 0 Å². The van der Waals surface area contributed by atoms with Crippen LogP contribution in [0.3, 0.4) is 0 Å². The highest BCUT2D eigenvalue weighted by atomic mass is 32.1. The zero-order valence-electron chi connectivity index (χ0n) is 17.7. The molecule has 0 aliphatic carbocycles. The highest BCUT2D eigenvalue weighted by molar-refractivity contribution is 7.22. The quantitative estimate of drug-likeness (QED) is 0.524. The number of aromatic nitrogens is 1. The SMILES string of the molecule is CCc1ccc2nc(N(CCN3CCOCC3)C(=O)c3cccc(C(F)(F)F)c3)sc2c1. The Labute approximate surface area is 188 Å². The second-order valence-corrected chi connectivity index (χ2v) is 8.65. The molecule has 0 atom stereocenters. The molecule has 0 radical (unpaired) electrons. The van der Waals surface area contributed by atoms with Gasteiger partial charge in [0.1, 0.15) is 0 Å². The minimum absolute atomic E-state index is 0.00435. The fourth-order valence-electron chi connectivity index (χ4n) is 3.63. The fraction of sp³-hybridized carbons (Fsp3) is 0.391. The Morgan fingerprint density at radius 1 is 1.19 bits per heavy atom. The molecule has 170 valence electrons. The summed E-state index contributed by atoms with van der Waals surface area (Å²) < 4.78 is 45.9. The Morgan fingerprint density at radius 3 is 2.69 bits per heavy atom. The molecule has 9 heteroatoms. The van der Waals surface area contributed by atoms with Gasteiger partial charge in [-0.1, -0.05) is 30.4 Å². The van der Waals surface area contributed by atoms with Gasteiger partial charge in [0.2, 0.25) is 0 Å². The van der Waals surface area contributed by atoms with Gasteiger partial charge in [-0.05, 0) is 42.3 Å². The van der Waals surface area contributed by atoms with Crippen molar-refractivity contribution >= 4 is 32.6 Å². The van der Waals surface area contributed by atoms with E-state index in [0.717, 1.165) is 47.4 Å². The molecule has 1 aliphatic rings. The molecular weight excluding hydrogens is 439 g/mol. The number of hydrogen-bond donors (Lipinski definition) is 0. The van der Waals surface area contributed by atoms with Gasteiger partial charge in [0.05, 0.1) is 29.0 Å². The summed E-state index contributed by atoms with van der Waals surface area (Å²) in [5.74, 6) is -0.487. The molecule has 0 bridgehead atoms. The van der Waals surface area contributed by atoms with Gasteiger partial charge < -0.3 is 4.74 Å². The Morgan fingerprint density at radius 2 is 1.97 bits per heavy atom. The molecule has 2 heterocycles. The monoisotopic (exact) mass is 463 g/mol. The van der Waals surface area contributed by atoms with Gasteiger partial charge in [0.25, 0.3) is 5.91 Å². The van der Waals surface area contributed by atoms with Crippen molar-refractivity contribution in [3.05, 3.63) is 59.2 Å². The van der Waals surface area contributed by atoms with Crippen LogP contribution in [0.25, 0.3) is 10.2 Å². The third-order valence-electron chi connectivity index (χ3n) is 5.51. The van der Waals surface area contributed by atoms with Crippen LogP contribution in [0.15, 0.2) is 42.5 Å². The molecule has 5 nitrogen and oxygen atoms in total. The summed E-state index contributed by atoms with van der Waals surface area (Å²) in [4.78, 5) is 21.7. The molecule has 3 aromatic rings. The number of halogens is 3. The molecule has 0 saturated carbocycles. The first-order valence-corrected chi connectivity index (χ1v) is 11.4. The minimum Gasteiger partial charge on any atom is -0.379 e. The van der Waals surface area contributed by atoms with Gasteiger partial charge in [0.15, 0.2) is 5.13 Å². The number of aryl methyl sites for hydroxylation is 1.